The van der Waals surface area contributed by atoms with Gasteiger partial charge >= 0.3 is 5.91 Å². The van der Waals surface area contributed by atoms with E-state index in [0.717, 1.165) is 21.4 Å². The third-order valence-corrected chi connectivity index (χ3v) is 9.41. The van der Waals surface area contributed by atoms with E-state index in [0.29, 0.717) is 30.1 Å². The molecule has 0 bridgehead atoms. The number of sulfonamides is 1. The summed E-state index contributed by atoms with van der Waals surface area (Å²) in [7, 11) is -2.47. The van der Waals surface area contributed by atoms with Gasteiger partial charge in [-0.05, 0) is 23.6 Å². The highest BCUT2D eigenvalue weighted by atomic mass is 32.2. The van der Waals surface area contributed by atoms with Crippen LogP contribution in [-0.2, 0) is 27.9 Å². The third-order valence-electron chi connectivity index (χ3n) is 6.00. The number of hydrogen-bond donors (Lipinski definition) is 3. The van der Waals surface area contributed by atoms with Gasteiger partial charge in [0.05, 0.1) is 18.8 Å². The lowest BCUT2D eigenvalue weighted by Crippen LogP contribution is -2.61. The number of carbonyl (C=O) groups is 2. The van der Waals surface area contributed by atoms with Crippen LogP contribution >= 0.6 is 11.3 Å². The van der Waals surface area contributed by atoms with Gasteiger partial charge in [-0.2, -0.15) is 4.31 Å². The summed E-state index contributed by atoms with van der Waals surface area (Å²) in [6, 6.07) is 5.86. The molecule has 1 fully saturated rings. The number of aromatic nitrogens is 1. The fraction of sp³-hybridized carbons (Fsp3) is 0.318. The quantitative estimate of drug-likeness (QED) is 0.421. The lowest BCUT2D eigenvalue weighted by atomic mass is 10.1. The van der Waals surface area contributed by atoms with Crippen LogP contribution in [0.15, 0.2) is 32.9 Å². The van der Waals surface area contributed by atoms with Gasteiger partial charge in [-0.3, -0.25) is 15.0 Å². The van der Waals surface area contributed by atoms with Gasteiger partial charge in [0.1, 0.15) is 16.0 Å². The lowest BCUT2D eigenvalue weighted by Gasteiger charge is -2.38. The Bertz CT molecular complexity index is 1450. The average Bonchev–Trinajstić information content (AvgIpc) is 3.51. The number of nitrogens with one attached hydrogen (secondary N) is 3. The number of likely N-dealkylation sites (N-methyl/N-ethyl adjacent to an activating group) is 1. The summed E-state index contributed by atoms with van der Waals surface area (Å²) in [6.45, 7) is 0.607. The molecule has 5 rings (SSSR count). The number of carbonyl (C=O) groups excluding carboxylic acids is 2. The molecule has 0 saturated carbocycles. The number of terminal acetylenes is 1. The number of hydrogen-bond acceptors (Lipinski definition) is 9. The van der Waals surface area contributed by atoms with E-state index in [1.54, 1.807) is 24.3 Å². The molecule has 11 nitrogen and oxygen atoms in total. The number of nitrogens with zero attached hydrogens (tertiary/aromatic N) is 3. The molecule has 2 aliphatic rings. The van der Waals surface area contributed by atoms with Gasteiger partial charge in [-0.25, -0.2) is 18.8 Å². The SMILES string of the molecule is C#Cc1ccc2cc(S(=O)(=O)N3CCN(C(=O)c4nc5c(o4)CNNC5)C(C(=O)NC)C3)sc2c1. The topological polar surface area (TPSA) is 137 Å². The number of thiophene rings is 1. The second-order valence-corrected chi connectivity index (χ2v) is 11.3. The molecule has 1 aromatic carbocycles. The molecule has 2 amide bonds. The maximum absolute atomic E-state index is 13.5. The van der Waals surface area contributed by atoms with Crippen LogP contribution in [0.1, 0.15) is 27.7 Å². The van der Waals surface area contributed by atoms with Crippen LogP contribution in [0.4, 0.5) is 0 Å². The average molecular weight is 515 g/mol. The van der Waals surface area contributed by atoms with Crippen LogP contribution in [-0.4, -0.2) is 67.1 Å². The molecule has 1 atom stereocenters. The zero-order chi connectivity index (χ0) is 24.7. The first-order valence-corrected chi connectivity index (χ1v) is 13.0. The van der Waals surface area contributed by atoms with Crippen LogP contribution < -0.4 is 16.2 Å². The first kappa shape index (κ1) is 23.5. The first-order chi connectivity index (χ1) is 16.8. The Kier molecular flexibility index (Phi) is 6.07. The molecule has 1 saturated heterocycles. The normalized spacial score (nSPS) is 18.7. The van der Waals surface area contributed by atoms with Gasteiger partial charge < -0.3 is 14.6 Å². The summed E-state index contributed by atoms with van der Waals surface area (Å²) in [5.74, 6) is 1.92. The first-order valence-electron chi connectivity index (χ1n) is 10.8. The Balaban J connectivity index is 1.41. The summed E-state index contributed by atoms with van der Waals surface area (Å²) in [4.78, 5) is 31.5. The lowest BCUT2D eigenvalue weighted by molar-refractivity contribution is -0.126. The molecule has 0 radical (unpaired) electrons. The van der Waals surface area contributed by atoms with Crippen molar-refractivity contribution in [2.24, 2.45) is 0 Å². The van der Waals surface area contributed by atoms with Crippen molar-refractivity contribution in [2.75, 3.05) is 26.7 Å². The fourth-order valence-corrected chi connectivity index (χ4v) is 7.15. The van der Waals surface area contributed by atoms with Gasteiger partial charge in [0.15, 0.2) is 0 Å². The Morgan fingerprint density at radius 1 is 1.26 bits per heavy atom. The minimum Gasteiger partial charge on any atom is -0.436 e. The number of piperazine rings is 1. The van der Waals surface area contributed by atoms with E-state index in [9.17, 15) is 18.0 Å². The Hall–Kier alpha value is -3.28. The molecule has 4 heterocycles. The Morgan fingerprint density at radius 3 is 2.80 bits per heavy atom. The van der Waals surface area contributed by atoms with Crippen LogP contribution in [0, 0.1) is 12.3 Å². The molecule has 3 aromatic rings. The smallest absolute Gasteiger partial charge is 0.310 e. The van der Waals surface area contributed by atoms with Crippen molar-refractivity contribution in [3.63, 3.8) is 0 Å². The van der Waals surface area contributed by atoms with Gasteiger partial charge in [0.2, 0.25) is 5.91 Å². The van der Waals surface area contributed by atoms with Crippen molar-refractivity contribution in [1.29, 1.82) is 0 Å². The number of amides is 2. The van der Waals surface area contributed by atoms with Crippen LogP contribution in [0.25, 0.3) is 10.1 Å². The van der Waals surface area contributed by atoms with Crippen molar-refractivity contribution < 1.29 is 22.4 Å². The summed E-state index contributed by atoms with van der Waals surface area (Å²) < 4.78 is 34.7. The zero-order valence-corrected chi connectivity index (χ0v) is 20.3. The Labute approximate surface area is 205 Å². The largest absolute Gasteiger partial charge is 0.436 e. The molecule has 35 heavy (non-hydrogen) atoms. The monoisotopic (exact) mass is 514 g/mol. The van der Waals surface area contributed by atoms with E-state index < -0.39 is 27.9 Å². The predicted molar refractivity (Wildman–Crippen MR) is 128 cm³/mol. The van der Waals surface area contributed by atoms with E-state index in [1.165, 1.54) is 16.3 Å². The molecule has 0 aliphatic carbocycles. The number of fused-ring (bicyclic) bond motifs is 2. The fourth-order valence-electron chi connectivity index (χ4n) is 4.12. The molecular weight excluding hydrogens is 492 g/mol. The molecule has 1 unspecified atom stereocenters. The van der Waals surface area contributed by atoms with E-state index >= 15 is 0 Å². The minimum absolute atomic E-state index is 0.00579. The van der Waals surface area contributed by atoms with Gasteiger partial charge in [-0.1, -0.05) is 12.0 Å². The molecular formula is C22H22N6O5S2. The van der Waals surface area contributed by atoms with E-state index in [1.807, 2.05) is 0 Å². The predicted octanol–water partition coefficient (Wildman–Crippen LogP) is 0.240. The van der Waals surface area contributed by atoms with Crippen LogP contribution in [0.2, 0.25) is 0 Å². The molecule has 2 aliphatic heterocycles. The summed E-state index contributed by atoms with van der Waals surface area (Å²) in [5.41, 5.74) is 7.10. The van der Waals surface area contributed by atoms with Gasteiger partial charge in [0, 0.05) is 36.9 Å². The molecule has 13 heteroatoms. The van der Waals surface area contributed by atoms with Crippen molar-refractivity contribution in [3.8, 4) is 12.3 Å². The minimum atomic E-state index is -3.91. The number of benzene rings is 1. The summed E-state index contributed by atoms with van der Waals surface area (Å²) >= 11 is 1.12. The number of rotatable bonds is 4. The van der Waals surface area contributed by atoms with E-state index in [-0.39, 0.29) is 29.7 Å². The third kappa shape index (κ3) is 4.19. The second kappa shape index (κ2) is 9.06. The number of oxazole rings is 1. The van der Waals surface area contributed by atoms with Crippen molar-refractivity contribution in [1.82, 2.24) is 30.4 Å². The van der Waals surface area contributed by atoms with Gasteiger partial charge in [-0.15, -0.1) is 17.8 Å². The zero-order valence-electron chi connectivity index (χ0n) is 18.7. The molecule has 182 valence electrons. The molecule has 2 aromatic heterocycles. The Morgan fingerprint density at radius 2 is 2.06 bits per heavy atom. The summed E-state index contributed by atoms with van der Waals surface area (Å²) in [5, 5.41) is 3.29. The van der Waals surface area contributed by atoms with Crippen LogP contribution in [0.5, 0.6) is 0 Å². The van der Waals surface area contributed by atoms with Gasteiger partial charge in [0.25, 0.3) is 15.9 Å². The second-order valence-electron chi connectivity index (χ2n) is 8.05. The van der Waals surface area contributed by atoms with Crippen LogP contribution in [0.3, 0.4) is 0 Å². The van der Waals surface area contributed by atoms with Crippen molar-refractivity contribution in [2.45, 2.75) is 23.3 Å². The van der Waals surface area contributed by atoms with Crippen molar-refractivity contribution >= 4 is 43.3 Å². The number of hydrazine groups is 1. The maximum Gasteiger partial charge on any atom is 0.310 e. The molecule has 0 spiro atoms. The van der Waals surface area contributed by atoms with E-state index in [2.05, 4.69) is 27.1 Å². The van der Waals surface area contributed by atoms with E-state index in [4.69, 9.17) is 10.8 Å². The molecule has 3 N–H and O–H groups in total. The highest BCUT2D eigenvalue weighted by Crippen LogP contribution is 2.32. The van der Waals surface area contributed by atoms with Crippen molar-refractivity contribution in [3.05, 3.63) is 47.2 Å². The highest BCUT2D eigenvalue weighted by Gasteiger charge is 2.41. The summed E-state index contributed by atoms with van der Waals surface area (Å²) in [6.07, 6.45) is 5.46. The highest BCUT2D eigenvalue weighted by molar-refractivity contribution is 7.91. The maximum atomic E-state index is 13.5. The standard InChI is InChI=1S/C22H22N6O5S2/c1-3-13-4-5-14-9-19(34-18(14)8-13)35(31,32)27-6-7-28(16(12-27)20(29)23-2)22(30)21-26-15-10-24-25-11-17(15)33-21/h1,4-5,8-9,16,24-25H,6-7,10-12H2,2H3,(H,23,29).